The highest BCUT2D eigenvalue weighted by molar-refractivity contribution is 5.81. The van der Waals surface area contributed by atoms with Crippen LogP contribution in [0.1, 0.15) is 31.0 Å². The smallest absolute Gasteiger partial charge is 0.228 e. The third kappa shape index (κ3) is 5.14. The molecule has 1 atom stereocenters. The lowest BCUT2D eigenvalue weighted by Crippen LogP contribution is -2.43. The van der Waals surface area contributed by atoms with Gasteiger partial charge in [0.25, 0.3) is 0 Å². The van der Waals surface area contributed by atoms with Gasteiger partial charge in [0, 0.05) is 13.7 Å². The molecule has 0 saturated carbocycles. The topological polar surface area (TPSA) is 41.6 Å². The minimum Gasteiger partial charge on any atom is -0.384 e. The molecule has 0 aliphatic rings. The van der Waals surface area contributed by atoms with Crippen LogP contribution < -0.4 is 5.32 Å². The monoisotopic (exact) mass is 292 g/mol. The van der Waals surface area contributed by atoms with Gasteiger partial charge in [-0.1, -0.05) is 29.8 Å². The van der Waals surface area contributed by atoms with Gasteiger partial charge in [-0.25, -0.2) is 0 Å². The van der Waals surface area contributed by atoms with Crippen LogP contribution in [0.25, 0.3) is 0 Å². The molecule has 4 nitrogen and oxygen atoms in total. The van der Waals surface area contributed by atoms with Gasteiger partial charge in [0.2, 0.25) is 5.91 Å². The van der Waals surface area contributed by atoms with E-state index in [1.165, 1.54) is 11.1 Å². The normalized spacial score (nSPS) is 13.3. The Bertz CT molecular complexity index is 470. The van der Waals surface area contributed by atoms with Crippen molar-refractivity contribution in [2.45, 2.75) is 26.8 Å². The number of nitrogens with zero attached hydrogens (tertiary/aromatic N) is 1. The van der Waals surface area contributed by atoms with E-state index in [0.717, 1.165) is 0 Å². The van der Waals surface area contributed by atoms with E-state index in [0.29, 0.717) is 13.2 Å². The average Bonchev–Trinajstić information content (AvgIpc) is 2.38. The lowest BCUT2D eigenvalue weighted by atomic mass is 9.93. The molecule has 0 aliphatic carbocycles. The Morgan fingerprint density at radius 1 is 1.38 bits per heavy atom. The van der Waals surface area contributed by atoms with Crippen LogP contribution in [0.5, 0.6) is 0 Å². The average molecular weight is 292 g/mol. The summed E-state index contributed by atoms with van der Waals surface area (Å²) in [6, 6.07) is 8.56. The van der Waals surface area contributed by atoms with Gasteiger partial charge in [-0.15, -0.1) is 0 Å². The Labute approximate surface area is 128 Å². The Hall–Kier alpha value is -1.39. The number of benzene rings is 1. The van der Waals surface area contributed by atoms with Crippen molar-refractivity contribution in [3.63, 3.8) is 0 Å². The summed E-state index contributed by atoms with van der Waals surface area (Å²) in [5.41, 5.74) is 1.92. The van der Waals surface area contributed by atoms with Crippen LogP contribution in [0.15, 0.2) is 24.3 Å². The number of carbonyl (C=O) groups is 1. The zero-order valence-electron chi connectivity index (χ0n) is 14.1. The van der Waals surface area contributed by atoms with Gasteiger partial charge in [-0.2, -0.15) is 0 Å². The molecule has 1 aromatic carbocycles. The second-order valence-corrected chi connectivity index (χ2v) is 6.42. The van der Waals surface area contributed by atoms with Crippen LogP contribution in [0, 0.1) is 12.3 Å². The fourth-order valence-electron chi connectivity index (χ4n) is 2.33. The minimum atomic E-state index is -0.516. The minimum absolute atomic E-state index is 0.0175. The lowest BCUT2D eigenvalue weighted by molar-refractivity contribution is -0.132. The molecule has 0 bridgehead atoms. The van der Waals surface area contributed by atoms with Gasteiger partial charge < -0.3 is 15.0 Å². The molecule has 0 aliphatic heterocycles. The quantitative estimate of drug-likeness (QED) is 0.839. The number of hydrogen-bond donors (Lipinski definition) is 1. The van der Waals surface area contributed by atoms with Crippen LogP contribution >= 0.6 is 0 Å². The molecule has 1 rings (SSSR count). The van der Waals surface area contributed by atoms with Crippen molar-refractivity contribution < 1.29 is 9.53 Å². The van der Waals surface area contributed by atoms with Crippen LogP contribution in [0.2, 0.25) is 0 Å². The number of hydrogen-bond acceptors (Lipinski definition) is 3. The predicted octanol–water partition coefficient (Wildman–Crippen LogP) is 2.39. The molecule has 0 spiro atoms. The van der Waals surface area contributed by atoms with Gasteiger partial charge in [0.05, 0.1) is 18.1 Å². The first-order valence-corrected chi connectivity index (χ1v) is 7.28. The Balaban J connectivity index is 2.75. The van der Waals surface area contributed by atoms with E-state index in [-0.39, 0.29) is 11.9 Å². The number of methoxy groups -OCH3 is 1. The zero-order valence-corrected chi connectivity index (χ0v) is 14.1. The standard InChI is InChI=1S/C17H28N2O2/c1-13-8-7-9-14(10-13)15(19(4)5)11-18-16(20)17(2,3)12-21-6/h7-10,15H,11-12H2,1-6H3,(H,18,20). The van der Waals surface area contributed by atoms with Crippen LogP contribution in [0.4, 0.5) is 0 Å². The molecule has 4 heteroatoms. The summed E-state index contributed by atoms with van der Waals surface area (Å²) in [5, 5.41) is 3.05. The van der Waals surface area contributed by atoms with Crippen LogP contribution in [0.3, 0.4) is 0 Å². The summed E-state index contributed by atoms with van der Waals surface area (Å²) in [4.78, 5) is 14.4. The van der Waals surface area contributed by atoms with E-state index < -0.39 is 5.41 Å². The zero-order chi connectivity index (χ0) is 16.0. The maximum atomic E-state index is 12.3. The van der Waals surface area contributed by atoms with Crippen LogP contribution in [-0.4, -0.2) is 45.2 Å². The summed E-state index contributed by atoms with van der Waals surface area (Å²) in [6.07, 6.45) is 0. The summed E-state index contributed by atoms with van der Waals surface area (Å²) < 4.78 is 5.11. The van der Waals surface area contributed by atoms with E-state index in [1.54, 1.807) is 7.11 Å². The van der Waals surface area contributed by atoms with Gasteiger partial charge >= 0.3 is 0 Å². The molecule has 118 valence electrons. The van der Waals surface area contributed by atoms with Gasteiger partial charge in [-0.05, 0) is 40.4 Å². The first-order chi connectivity index (χ1) is 9.77. The number of likely N-dealkylation sites (N-methyl/N-ethyl adjacent to an activating group) is 1. The maximum absolute atomic E-state index is 12.3. The molecule has 0 fully saturated rings. The van der Waals surface area contributed by atoms with Crippen molar-refractivity contribution in [1.82, 2.24) is 10.2 Å². The van der Waals surface area contributed by atoms with E-state index in [1.807, 2.05) is 27.9 Å². The fraction of sp³-hybridized carbons (Fsp3) is 0.588. The molecular formula is C17H28N2O2. The first kappa shape index (κ1) is 17.7. The Morgan fingerprint density at radius 3 is 2.57 bits per heavy atom. The van der Waals surface area contributed by atoms with E-state index in [9.17, 15) is 4.79 Å². The summed E-state index contributed by atoms with van der Waals surface area (Å²) in [7, 11) is 5.67. The molecule has 1 amide bonds. The SMILES string of the molecule is COCC(C)(C)C(=O)NCC(c1cccc(C)c1)N(C)C. The third-order valence-corrected chi connectivity index (χ3v) is 3.63. The number of rotatable bonds is 7. The lowest BCUT2D eigenvalue weighted by Gasteiger charge is -2.28. The van der Waals surface area contributed by atoms with E-state index >= 15 is 0 Å². The van der Waals surface area contributed by atoms with Gasteiger partial charge in [-0.3, -0.25) is 4.79 Å². The predicted molar refractivity (Wildman–Crippen MR) is 86.3 cm³/mol. The second kappa shape index (κ2) is 7.57. The third-order valence-electron chi connectivity index (χ3n) is 3.63. The van der Waals surface area contributed by atoms with Crippen molar-refractivity contribution in [1.29, 1.82) is 0 Å². The van der Waals surface area contributed by atoms with Crippen molar-refractivity contribution >= 4 is 5.91 Å². The van der Waals surface area contributed by atoms with Crippen molar-refractivity contribution in [2.24, 2.45) is 5.41 Å². The van der Waals surface area contributed by atoms with Gasteiger partial charge in [0.1, 0.15) is 0 Å². The highest BCUT2D eigenvalue weighted by atomic mass is 16.5. The number of ether oxygens (including phenoxy) is 1. The molecule has 0 aromatic heterocycles. The second-order valence-electron chi connectivity index (χ2n) is 6.42. The maximum Gasteiger partial charge on any atom is 0.228 e. The highest BCUT2D eigenvalue weighted by Gasteiger charge is 2.28. The van der Waals surface area contributed by atoms with E-state index in [4.69, 9.17) is 4.74 Å². The molecule has 21 heavy (non-hydrogen) atoms. The Morgan fingerprint density at radius 2 is 2.05 bits per heavy atom. The van der Waals surface area contributed by atoms with Crippen LogP contribution in [-0.2, 0) is 9.53 Å². The number of nitrogens with one attached hydrogen (secondary N) is 1. The molecule has 0 radical (unpaired) electrons. The molecule has 1 aromatic rings. The summed E-state index contributed by atoms with van der Waals surface area (Å²) in [5.74, 6) is 0.0175. The molecular weight excluding hydrogens is 264 g/mol. The van der Waals surface area contributed by atoms with Crippen molar-refractivity contribution in [3.8, 4) is 0 Å². The van der Waals surface area contributed by atoms with Crippen molar-refractivity contribution in [2.75, 3.05) is 34.4 Å². The molecule has 1 unspecified atom stereocenters. The number of aryl methyl sites for hydroxylation is 1. The molecule has 0 saturated heterocycles. The molecule has 1 N–H and O–H groups in total. The summed E-state index contributed by atoms with van der Waals surface area (Å²) >= 11 is 0. The van der Waals surface area contributed by atoms with Crippen molar-refractivity contribution in [3.05, 3.63) is 35.4 Å². The number of amides is 1. The molecule has 0 heterocycles. The largest absolute Gasteiger partial charge is 0.384 e. The first-order valence-electron chi connectivity index (χ1n) is 7.28. The fourth-order valence-corrected chi connectivity index (χ4v) is 2.33. The van der Waals surface area contributed by atoms with E-state index in [2.05, 4.69) is 41.4 Å². The highest BCUT2D eigenvalue weighted by Crippen LogP contribution is 2.20. The Kier molecular flexibility index (Phi) is 6.37. The van der Waals surface area contributed by atoms with Gasteiger partial charge in [0.15, 0.2) is 0 Å². The number of carbonyl (C=O) groups excluding carboxylic acids is 1. The summed E-state index contributed by atoms with van der Waals surface area (Å²) in [6.45, 7) is 6.86.